The van der Waals surface area contributed by atoms with Gasteiger partial charge in [0.2, 0.25) is 0 Å². The number of hydrogen-bond acceptors (Lipinski definition) is 4. The van der Waals surface area contributed by atoms with E-state index < -0.39 is 11.9 Å². The van der Waals surface area contributed by atoms with E-state index >= 15 is 0 Å². The SMILES string of the molecule is CC(OCCOC(C)(C)C)C(=O)Nc1ccc(F)cc1N. The Hall–Kier alpha value is -1.66. The third kappa shape index (κ3) is 6.55. The summed E-state index contributed by atoms with van der Waals surface area (Å²) in [6.07, 6.45) is -0.655. The Labute approximate surface area is 124 Å². The maximum Gasteiger partial charge on any atom is 0.253 e. The maximum absolute atomic E-state index is 12.9. The van der Waals surface area contributed by atoms with Gasteiger partial charge in [-0.15, -0.1) is 0 Å². The van der Waals surface area contributed by atoms with E-state index in [9.17, 15) is 9.18 Å². The summed E-state index contributed by atoms with van der Waals surface area (Å²) in [6.45, 7) is 8.18. The van der Waals surface area contributed by atoms with Crippen LogP contribution in [0.15, 0.2) is 18.2 Å². The Morgan fingerprint density at radius 1 is 1.38 bits per heavy atom. The van der Waals surface area contributed by atoms with Crippen molar-refractivity contribution in [2.24, 2.45) is 0 Å². The topological polar surface area (TPSA) is 73.6 Å². The van der Waals surface area contributed by atoms with Gasteiger partial charge >= 0.3 is 0 Å². The van der Waals surface area contributed by atoms with Crippen molar-refractivity contribution in [2.75, 3.05) is 24.3 Å². The van der Waals surface area contributed by atoms with E-state index in [0.29, 0.717) is 18.9 Å². The molecule has 1 aromatic rings. The molecule has 0 aliphatic rings. The molecule has 0 aromatic heterocycles. The molecule has 0 saturated heterocycles. The molecule has 1 atom stereocenters. The molecule has 21 heavy (non-hydrogen) atoms. The number of nitrogens with two attached hydrogens (primary N) is 1. The van der Waals surface area contributed by atoms with Gasteiger partial charge in [-0.25, -0.2) is 4.39 Å². The zero-order chi connectivity index (χ0) is 16.0. The first-order valence-corrected chi connectivity index (χ1v) is 6.80. The zero-order valence-electron chi connectivity index (χ0n) is 12.9. The van der Waals surface area contributed by atoms with Crippen molar-refractivity contribution in [1.82, 2.24) is 0 Å². The maximum atomic E-state index is 12.9. The molecular formula is C15H23FN2O3. The summed E-state index contributed by atoms with van der Waals surface area (Å²) in [5, 5.41) is 2.60. The van der Waals surface area contributed by atoms with Gasteiger partial charge in [0.25, 0.3) is 5.91 Å². The first-order chi connectivity index (χ1) is 9.69. The molecule has 0 heterocycles. The second kappa shape index (κ2) is 7.38. The number of rotatable bonds is 6. The van der Waals surface area contributed by atoms with Crippen molar-refractivity contribution in [1.29, 1.82) is 0 Å². The number of amides is 1. The summed E-state index contributed by atoms with van der Waals surface area (Å²) < 4.78 is 23.8. The monoisotopic (exact) mass is 298 g/mol. The van der Waals surface area contributed by atoms with E-state index in [0.717, 1.165) is 6.07 Å². The number of benzene rings is 1. The highest BCUT2D eigenvalue weighted by Gasteiger charge is 2.16. The number of carbonyl (C=O) groups excluding carboxylic acids is 1. The van der Waals surface area contributed by atoms with Gasteiger partial charge in [-0.1, -0.05) is 0 Å². The van der Waals surface area contributed by atoms with Gasteiger partial charge < -0.3 is 20.5 Å². The first kappa shape index (κ1) is 17.4. The fourth-order valence-electron chi connectivity index (χ4n) is 1.53. The van der Waals surface area contributed by atoms with Crippen LogP contribution in [0.3, 0.4) is 0 Å². The lowest BCUT2D eigenvalue weighted by Gasteiger charge is -2.20. The molecule has 0 aliphatic carbocycles. The van der Waals surface area contributed by atoms with Gasteiger partial charge in [0, 0.05) is 0 Å². The van der Waals surface area contributed by atoms with Crippen LogP contribution in [-0.2, 0) is 14.3 Å². The number of ether oxygens (including phenoxy) is 2. The number of anilines is 2. The predicted octanol–water partition coefficient (Wildman–Crippen LogP) is 2.57. The number of nitrogen functional groups attached to an aromatic ring is 1. The number of hydrogen-bond donors (Lipinski definition) is 2. The van der Waals surface area contributed by atoms with E-state index in [-0.39, 0.29) is 17.2 Å². The largest absolute Gasteiger partial charge is 0.397 e. The van der Waals surface area contributed by atoms with Gasteiger partial charge in [-0.05, 0) is 45.9 Å². The number of carbonyl (C=O) groups is 1. The summed E-state index contributed by atoms with van der Waals surface area (Å²) >= 11 is 0. The highest BCUT2D eigenvalue weighted by Crippen LogP contribution is 2.19. The normalized spacial score (nSPS) is 13.0. The summed E-state index contributed by atoms with van der Waals surface area (Å²) in [5.74, 6) is -0.793. The fraction of sp³-hybridized carbons (Fsp3) is 0.533. The molecule has 6 heteroatoms. The van der Waals surface area contributed by atoms with E-state index in [4.69, 9.17) is 15.2 Å². The third-order valence-electron chi connectivity index (χ3n) is 2.63. The zero-order valence-corrected chi connectivity index (χ0v) is 12.9. The van der Waals surface area contributed by atoms with Crippen molar-refractivity contribution >= 4 is 17.3 Å². The van der Waals surface area contributed by atoms with Crippen LogP contribution in [0, 0.1) is 5.82 Å². The Morgan fingerprint density at radius 3 is 2.62 bits per heavy atom. The minimum Gasteiger partial charge on any atom is -0.397 e. The lowest BCUT2D eigenvalue weighted by Crippen LogP contribution is -2.30. The van der Waals surface area contributed by atoms with Gasteiger partial charge in [0.05, 0.1) is 30.2 Å². The first-order valence-electron chi connectivity index (χ1n) is 6.80. The van der Waals surface area contributed by atoms with E-state index in [2.05, 4.69) is 5.32 Å². The Balaban J connectivity index is 2.41. The molecule has 0 spiro atoms. The standard InChI is InChI=1S/C15H23FN2O3/c1-10(20-7-8-21-15(2,3)4)14(19)18-13-6-5-11(16)9-12(13)17/h5-6,9-10H,7-8,17H2,1-4H3,(H,18,19). The Bertz CT molecular complexity index is 486. The molecule has 0 bridgehead atoms. The summed E-state index contributed by atoms with van der Waals surface area (Å²) in [4.78, 5) is 11.9. The van der Waals surface area contributed by atoms with Gasteiger partial charge in [0.15, 0.2) is 0 Å². The smallest absolute Gasteiger partial charge is 0.253 e. The molecule has 1 rings (SSSR count). The van der Waals surface area contributed by atoms with E-state index in [1.54, 1.807) is 6.92 Å². The minimum absolute atomic E-state index is 0.173. The lowest BCUT2D eigenvalue weighted by atomic mass is 10.2. The van der Waals surface area contributed by atoms with Gasteiger partial charge in [-0.3, -0.25) is 4.79 Å². The summed E-state index contributed by atoms with van der Waals surface area (Å²) in [5.41, 5.74) is 5.92. The molecule has 0 fully saturated rings. The number of halogens is 1. The average molecular weight is 298 g/mol. The quantitative estimate of drug-likeness (QED) is 0.625. The van der Waals surface area contributed by atoms with Crippen LogP contribution >= 0.6 is 0 Å². The van der Waals surface area contributed by atoms with E-state index in [1.807, 2.05) is 20.8 Å². The highest BCUT2D eigenvalue weighted by atomic mass is 19.1. The minimum atomic E-state index is -0.655. The van der Waals surface area contributed by atoms with E-state index in [1.165, 1.54) is 12.1 Å². The van der Waals surface area contributed by atoms with Crippen LogP contribution in [0.2, 0.25) is 0 Å². The van der Waals surface area contributed by atoms with Crippen LogP contribution in [-0.4, -0.2) is 30.8 Å². The molecule has 0 saturated carbocycles. The van der Waals surface area contributed by atoms with Crippen LogP contribution < -0.4 is 11.1 Å². The molecule has 1 aromatic carbocycles. The molecule has 0 aliphatic heterocycles. The Morgan fingerprint density at radius 2 is 2.05 bits per heavy atom. The fourth-order valence-corrected chi connectivity index (χ4v) is 1.53. The third-order valence-corrected chi connectivity index (χ3v) is 2.63. The Kier molecular flexibility index (Phi) is 6.11. The van der Waals surface area contributed by atoms with Crippen molar-refractivity contribution < 1.29 is 18.7 Å². The van der Waals surface area contributed by atoms with Gasteiger partial charge in [-0.2, -0.15) is 0 Å². The molecule has 118 valence electrons. The molecule has 1 unspecified atom stereocenters. The second-order valence-corrected chi connectivity index (χ2v) is 5.69. The predicted molar refractivity (Wildman–Crippen MR) is 80.6 cm³/mol. The highest BCUT2D eigenvalue weighted by molar-refractivity contribution is 5.96. The van der Waals surface area contributed by atoms with Crippen molar-refractivity contribution in [2.45, 2.75) is 39.4 Å². The summed E-state index contributed by atoms with van der Waals surface area (Å²) in [6, 6.07) is 3.80. The van der Waals surface area contributed by atoms with Crippen molar-refractivity contribution in [3.05, 3.63) is 24.0 Å². The van der Waals surface area contributed by atoms with Gasteiger partial charge in [0.1, 0.15) is 11.9 Å². The second-order valence-electron chi connectivity index (χ2n) is 5.69. The summed E-state index contributed by atoms with van der Waals surface area (Å²) in [7, 11) is 0. The molecule has 5 nitrogen and oxygen atoms in total. The van der Waals surface area contributed by atoms with Crippen LogP contribution in [0.4, 0.5) is 15.8 Å². The molecule has 0 radical (unpaired) electrons. The van der Waals surface area contributed by atoms with Crippen LogP contribution in [0.25, 0.3) is 0 Å². The molecule has 3 N–H and O–H groups in total. The molecular weight excluding hydrogens is 275 g/mol. The van der Waals surface area contributed by atoms with Crippen molar-refractivity contribution in [3.8, 4) is 0 Å². The van der Waals surface area contributed by atoms with Crippen LogP contribution in [0.5, 0.6) is 0 Å². The average Bonchev–Trinajstić information content (AvgIpc) is 2.36. The number of nitrogens with one attached hydrogen (secondary N) is 1. The molecule has 1 amide bonds. The van der Waals surface area contributed by atoms with Crippen LogP contribution in [0.1, 0.15) is 27.7 Å². The van der Waals surface area contributed by atoms with Crippen molar-refractivity contribution in [3.63, 3.8) is 0 Å². The lowest BCUT2D eigenvalue weighted by molar-refractivity contribution is -0.128.